The average molecular weight is 629 g/mol. The van der Waals surface area contributed by atoms with Gasteiger partial charge in [0.15, 0.2) is 0 Å². The second-order valence-corrected chi connectivity index (χ2v) is 11.7. The Morgan fingerprint density at radius 2 is 1.64 bits per heavy atom. The van der Waals surface area contributed by atoms with Crippen LogP contribution in [0.1, 0.15) is 16.7 Å². The molecule has 0 aromatic heterocycles. The van der Waals surface area contributed by atoms with Gasteiger partial charge in [-0.2, -0.15) is 0 Å². The molecule has 42 heavy (non-hydrogen) atoms. The van der Waals surface area contributed by atoms with Crippen molar-refractivity contribution >= 4 is 33.3 Å². The average Bonchev–Trinajstić information content (AvgIpc) is 3.68. The maximum atomic E-state index is 13.4. The number of nitrogens with zero attached hydrogens (tertiary/aromatic N) is 9. The number of fused-ring (bicyclic) bond motifs is 2. The first kappa shape index (κ1) is 27.7. The summed E-state index contributed by atoms with van der Waals surface area (Å²) in [7, 11) is 0. The highest BCUT2D eigenvalue weighted by molar-refractivity contribution is 9.10. The van der Waals surface area contributed by atoms with Gasteiger partial charge in [0, 0.05) is 58.9 Å². The lowest BCUT2D eigenvalue weighted by Gasteiger charge is -2.28. The minimum absolute atomic E-state index is 0.0895. The Morgan fingerprint density at radius 3 is 2.29 bits per heavy atom. The standard InChI is InChI=1S/C29H30BrN11O/c30-24-9-7-19(8-10-24)28-25(41-11-2-1-6-26(41)35-28)18-39-14-22-16-40(17-23(22)15-39)29(42)36-27-20(12-33-37-31)4-3-5-21(27)13-34-38-32/h1-11,22-23,26,35H,12-18H2,(H,36,42). The predicted octanol–water partition coefficient (Wildman–Crippen LogP) is 6.15. The third-order valence-corrected chi connectivity index (χ3v) is 8.80. The van der Waals surface area contributed by atoms with Gasteiger partial charge in [-0.1, -0.05) is 62.6 Å². The Labute approximate surface area is 251 Å². The number of urea groups is 1. The summed E-state index contributed by atoms with van der Waals surface area (Å²) in [6, 6.07) is 13.6. The highest BCUT2D eigenvalue weighted by atomic mass is 79.9. The van der Waals surface area contributed by atoms with E-state index in [1.807, 2.05) is 4.90 Å². The van der Waals surface area contributed by atoms with E-state index in [4.69, 9.17) is 11.1 Å². The maximum Gasteiger partial charge on any atom is 0.321 e. The van der Waals surface area contributed by atoms with Crippen LogP contribution in [0.2, 0.25) is 0 Å². The molecule has 4 aliphatic rings. The van der Waals surface area contributed by atoms with Crippen LogP contribution in [-0.4, -0.2) is 59.6 Å². The fourth-order valence-electron chi connectivity index (χ4n) is 6.34. The lowest BCUT2D eigenvalue weighted by Crippen LogP contribution is -2.38. The molecule has 214 valence electrons. The molecule has 12 nitrogen and oxygen atoms in total. The molecule has 3 atom stereocenters. The van der Waals surface area contributed by atoms with Crippen LogP contribution >= 0.6 is 15.9 Å². The summed E-state index contributed by atoms with van der Waals surface area (Å²) in [6.45, 7) is 4.17. The van der Waals surface area contributed by atoms with E-state index < -0.39 is 0 Å². The summed E-state index contributed by atoms with van der Waals surface area (Å²) < 4.78 is 1.05. The number of carbonyl (C=O) groups is 1. The van der Waals surface area contributed by atoms with E-state index in [1.54, 1.807) is 18.2 Å². The Kier molecular flexibility index (Phi) is 8.07. The van der Waals surface area contributed by atoms with E-state index >= 15 is 0 Å². The first-order valence-corrected chi connectivity index (χ1v) is 14.6. The van der Waals surface area contributed by atoms with Gasteiger partial charge in [-0.3, -0.25) is 4.90 Å². The molecule has 13 heteroatoms. The minimum Gasteiger partial charge on any atom is -0.360 e. The third-order valence-electron chi connectivity index (χ3n) is 8.28. The number of amides is 2. The summed E-state index contributed by atoms with van der Waals surface area (Å²) in [5.41, 5.74) is 23.1. The molecule has 2 aromatic rings. The van der Waals surface area contributed by atoms with Crippen LogP contribution in [0.5, 0.6) is 0 Å². The molecule has 2 N–H and O–H groups in total. The Balaban J connectivity index is 1.13. The van der Waals surface area contributed by atoms with Gasteiger partial charge in [0.1, 0.15) is 6.17 Å². The fraction of sp³-hybridized carbons (Fsp3) is 0.345. The molecule has 2 aromatic carbocycles. The Morgan fingerprint density at radius 1 is 0.976 bits per heavy atom. The van der Waals surface area contributed by atoms with Crippen LogP contribution in [0, 0.1) is 11.8 Å². The molecule has 2 amide bonds. The van der Waals surface area contributed by atoms with Crippen LogP contribution in [0.15, 0.2) is 87.3 Å². The second kappa shape index (κ2) is 12.2. The van der Waals surface area contributed by atoms with Crippen molar-refractivity contribution < 1.29 is 4.79 Å². The second-order valence-electron chi connectivity index (χ2n) is 10.8. The van der Waals surface area contributed by atoms with Crippen molar-refractivity contribution in [3.8, 4) is 0 Å². The number of para-hydroxylation sites is 1. The van der Waals surface area contributed by atoms with Gasteiger partial charge in [0.25, 0.3) is 0 Å². The van der Waals surface area contributed by atoms with Crippen molar-refractivity contribution in [2.45, 2.75) is 19.3 Å². The normalized spacial score (nSPS) is 22.4. The van der Waals surface area contributed by atoms with Crippen molar-refractivity contribution in [3.05, 3.63) is 115 Å². The number of benzene rings is 2. The third kappa shape index (κ3) is 5.68. The van der Waals surface area contributed by atoms with Crippen LogP contribution < -0.4 is 10.6 Å². The van der Waals surface area contributed by atoms with Gasteiger partial charge in [-0.05, 0) is 63.9 Å². The fourth-order valence-corrected chi connectivity index (χ4v) is 6.60. The number of hydrogen-bond acceptors (Lipinski definition) is 6. The molecule has 3 unspecified atom stereocenters. The van der Waals surface area contributed by atoms with Crippen LogP contribution in [-0.2, 0) is 13.1 Å². The maximum absolute atomic E-state index is 13.4. The number of azide groups is 2. The molecular formula is C29H30BrN11O. The zero-order chi connectivity index (χ0) is 29.1. The van der Waals surface area contributed by atoms with Crippen molar-refractivity contribution in [1.82, 2.24) is 20.0 Å². The van der Waals surface area contributed by atoms with Gasteiger partial charge >= 0.3 is 6.03 Å². The van der Waals surface area contributed by atoms with E-state index in [0.717, 1.165) is 35.4 Å². The predicted molar refractivity (Wildman–Crippen MR) is 164 cm³/mol. The Bertz CT molecular complexity index is 1500. The van der Waals surface area contributed by atoms with Gasteiger partial charge < -0.3 is 20.4 Å². The lowest BCUT2D eigenvalue weighted by molar-refractivity contribution is 0.212. The molecule has 2 saturated heterocycles. The summed E-state index contributed by atoms with van der Waals surface area (Å²) in [4.78, 5) is 25.8. The highest BCUT2D eigenvalue weighted by Crippen LogP contribution is 2.36. The zero-order valence-electron chi connectivity index (χ0n) is 22.8. The molecule has 0 radical (unpaired) electrons. The molecule has 4 heterocycles. The summed E-state index contributed by atoms with van der Waals surface area (Å²) in [6.07, 6.45) is 8.56. The zero-order valence-corrected chi connectivity index (χ0v) is 24.4. The SMILES string of the molecule is [N-]=[N+]=NCc1cccc(CN=[N+]=[N-])c1NC(=O)N1CC2CN(CC3=C(c4ccc(Br)cc4)NC4C=CC=CN34)CC2C1. The van der Waals surface area contributed by atoms with Crippen molar-refractivity contribution in [2.75, 3.05) is 38.0 Å². The highest BCUT2D eigenvalue weighted by Gasteiger charge is 2.43. The number of carbonyl (C=O) groups excluding carboxylic acids is 1. The summed E-state index contributed by atoms with van der Waals surface area (Å²) >= 11 is 3.54. The van der Waals surface area contributed by atoms with E-state index in [9.17, 15) is 4.79 Å². The number of anilines is 1. The smallest absolute Gasteiger partial charge is 0.321 e. The molecule has 0 aliphatic carbocycles. The van der Waals surface area contributed by atoms with Crippen molar-refractivity contribution in [3.63, 3.8) is 0 Å². The molecule has 0 spiro atoms. The van der Waals surface area contributed by atoms with E-state index in [1.165, 1.54) is 5.70 Å². The van der Waals surface area contributed by atoms with Crippen molar-refractivity contribution in [1.29, 1.82) is 0 Å². The van der Waals surface area contributed by atoms with Gasteiger partial charge in [0.05, 0.1) is 24.5 Å². The number of nitrogens with one attached hydrogen (secondary N) is 2. The first-order valence-electron chi connectivity index (χ1n) is 13.8. The number of hydrogen-bond donors (Lipinski definition) is 2. The summed E-state index contributed by atoms with van der Waals surface area (Å²) in [5.74, 6) is 0.769. The molecule has 0 bridgehead atoms. The quantitative estimate of drug-likeness (QED) is 0.205. The van der Waals surface area contributed by atoms with Crippen LogP contribution in [0.25, 0.3) is 26.6 Å². The van der Waals surface area contributed by atoms with E-state index in [2.05, 4.69) is 105 Å². The monoisotopic (exact) mass is 627 g/mol. The number of likely N-dealkylation sites (tertiary alicyclic amines) is 2. The van der Waals surface area contributed by atoms with E-state index in [0.29, 0.717) is 41.7 Å². The van der Waals surface area contributed by atoms with Gasteiger partial charge in [-0.15, -0.1) is 0 Å². The Hall–Kier alpha value is -4.41. The molecule has 6 rings (SSSR count). The number of allylic oxidation sites excluding steroid dienone is 2. The first-order chi connectivity index (χ1) is 20.5. The molecule has 4 aliphatic heterocycles. The van der Waals surface area contributed by atoms with Gasteiger partial charge in [0.2, 0.25) is 0 Å². The molecule has 0 saturated carbocycles. The number of rotatable bonds is 8. The van der Waals surface area contributed by atoms with E-state index in [-0.39, 0.29) is 25.3 Å². The number of halogens is 1. The molecule has 2 fully saturated rings. The van der Waals surface area contributed by atoms with Crippen LogP contribution in [0.4, 0.5) is 10.5 Å². The lowest BCUT2D eigenvalue weighted by atomic mass is 10.0. The largest absolute Gasteiger partial charge is 0.360 e. The summed E-state index contributed by atoms with van der Waals surface area (Å²) in [5, 5.41) is 14.0. The van der Waals surface area contributed by atoms with Crippen LogP contribution in [0.3, 0.4) is 0 Å². The van der Waals surface area contributed by atoms with Gasteiger partial charge in [-0.25, -0.2) is 4.79 Å². The topological polar surface area (TPSA) is 148 Å². The van der Waals surface area contributed by atoms with Crippen molar-refractivity contribution in [2.24, 2.45) is 22.1 Å². The molecular weight excluding hydrogens is 598 g/mol. The minimum atomic E-state index is -0.195.